The molecule has 0 amide bonds. The van der Waals surface area contributed by atoms with Crippen molar-refractivity contribution in [2.24, 2.45) is 5.92 Å². The van der Waals surface area contributed by atoms with Gasteiger partial charge in [0.1, 0.15) is 0 Å². The predicted octanol–water partition coefficient (Wildman–Crippen LogP) is 2.66. The fourth-order valence-electron chi connectivity index (χ4n) is 5.25. The highest BCUT2D eigenvalue weighted by atomic mass is 32.2. The molecule has 3 fully saturated rings. The molecule has 29 heavy (non-hydrogen) atoms. The highest BCUT2D eigenvalue weighted by molar-refractivity contribution is 7.89. The zero-order valence-corrected chi connectivity index (χ0v) is 17.5. The smallest absolute Gasteiger partial charge is 0.243 e. The van der Waals surface area contributed by atoms with E-state index in [1.807, 2.05) is 6.07 Å². The summed E-state index contributed by atoms with van der Waals surface area (Å²) in [5, 5.41) is 0. The summed E-state index contributed by atoms with van der Waals surface area (Å²) < 4.78 is 27.6. The molecule has 2 aromatic carbocycles. The topological polar surface area (TPSA) is 43.9 Å². The van der Waals surface area contributed by atoms with Crippen molar-refractivity contribution in [1.29, 1.82) is 0 Å². The van der Waals surface area contributed by atoms with Gasteiger partial charge in [-0.2, -0.15) is 4.31 Å². The van der Waals surface area contributed by atoms with Crippen LogP contribution in [0.2, 0.25) is 0 Å². The minimum atomic E-state index is -3.36. The van der Waals surface area contributed by atoms with E-state index in [1.54, 1.807) is 28.6 Å². The first kappa shape index (κ1) is 19.2. The minimum Gasteiger partial charge on any atom is -0.299 e. The van der Waals surface area contributed by atoms with E-state index in [1.165, 1.54) is 18.4 Å². The lowest BCUT2D eigenvalue weighted by atomic mass is 9.87. The zero-order valence-electron chi connectivity index (χ0n) is 16.7. The van der Waals surface area contributed by atoms with Gasteiger partial charge in [0.2, 0.25) is 10.0 Å². The number of hydrogen-bond acceptors (Lipinski definition) is 4. The third-order valence-corrected chi connectivity index (χ3v) is 8.75. The molecule has 0 aromatic heterocycles. The van der Waals surface area contributed by atoms with Gasteiger partial charge in [0.15, 0.2) is 0 Å². The Hall–Kier alpha value is -1.73. The van der Waals surface area contributed by atoms with Crippen molar-refractivity contribution in [1.82, 2.24) is 14.1 Å². The summed E-state index contributed by atoms with van der Waals surface area (Å²) in [7, 11) is -3.36. The number of benzene rings is 2. The summed E-state index contributed by atoms with van der Waals surface area (Å²) in [4.78, 5) is 5.55. The monoisotopic (exact) mass is 411 g/mol. The fraction of sp³-hybridized carbons (Fsp3) is 0.478. The molecule has 6 heteroatoms. The van der Waals surface area contributed by atoms with Crippen molar-refractivity contribution in [3.8, 4) is 0 Å². The van der Waals surface area contributed by atoms with E-state index >= 15 is 0 Å². The Morgan fingerprint density at radius 2 is 1.48 bits per heavy atom. The quantitative estimate of drug-likeness (QED) is 0.759. The average Bonchev–Trinajstić information content (AvgIpc) is 3.08. The van der Waals surface area contributed by atoms with Gasteiger partial charge in [-0.3, -0.25) is 9.80 Å². The van der Waals surface area contributed by atoms with Crippen LogP contribution < -0.4 is 0 Å². The van der Waals surface area contributed by atoms with Gasteiger partial charge in [-0.15, -0.1) is 0 Å². The van der Waals surface area contributed by atoms with Crippen LogP contribution in [0.25, 0.3) is 0 Å². The largest absolute Gasteiger partial charge is 0.299 e. The van der Waals surface area contributed by atoms with E-state index in [0.29, 0.717) is 36.0 Å². The van der Waals surface area contributed by atoms with Crippen molar-refractivity contribution < 1.29 is 8.42 Å². The van der Waals surface area contributed by atoms with Crippen molar-refractivity contribution in [2.75, 3.05) is 32.7 Å². The summed E-state index contributed by atoms with van der Waals surface area (Å²) in [5.74, 6) is 0.496. The van der Waals surface area contributed by atoms with Gasteiger partial charge in [0, 0.05) is 44.2 Å². The maximum atomic E-state index is 13.0. The molecule has 0 N–H and O–H groups in total. The van der Waals surface area contributed by atoms with Gasteiger partial charge in [-0.05, 0) is 43.6 Å². The Morgan fingerprint density at radius 3 is 2.17 bits per heavy atom. The Bertz CT molecular complexity index is 927. The van der Waals surface area contributed by atoms with E-state index < -0.39 is 10.0 Å². The molecule has 3 aliphatic heterocycles. The SMILES string of the molecule is O=S(=O)(c1ccccc1)N1C[C@H]2CN(C3CCN(Cc4ccccc4)CC3)[C@H]2C1. The Morgan fingerprint density at radius 1 is 0.828 bits per heavy atom. The molecule has 0 spiro atoms. The molecule has 0 saturated carbocycles. The Labute approximate surface area is 174 Å². The van der Waals surface area contributed by atoms with Crippen molar-refractivity contribution in [3.05, 3.63) is 66.2 Å². The van der Waals surface area contributed by atoms with Crippen LogP contribution >= 0.6 is 0 Å². The molecule has 3 heterocycles. The number of hydrogen-bond donors (Lipinski definition) is 0. The molecule has 0 unspecified atom stereocenters. The van der Waals surface area contributed by atoms with Crippen LogP contribution in [0, 0.1) is 5.92 Å². The van der Waals surface area contributed by atoms with Crippen LogP contribution in [-0.4, -0.2) is 67.3 Å². The Kier molecular flexibility index (Phi) is 5.20. The Balaban J connectivity index is 1.16. The van der Waals surface area contributed by atoms with Crippen LogP contribution in [0.4, 0.5) is 0 Å². The second-order valence-electron chi connectivity index (χ2n) is 8.65. The molecule has 154 valence electrons. The molecule has 3 saturated heterocycles. The standard InChI is InChI=1S/C23H29N3O2S/c27-29(28,22-9-5-2-6-10-22)25-16-20-17-26(23(20)18-25)21-11-13-24(14-12-21)15-19-7-3-1-4-8-19/h1-10,20-21,23H,11-18H2/t20-,23-/m0/s1. The molecule has 0 aliphatic carbocycles. The van der Waals surface area contributed by atoms with Crippen LogP contribution in [0.1, 0.15) is 18.4 Å². The summed E-state index contributed by atoms with van der Waals surface area (Å²) in [5.41, 5.74) is 1.38. The zero-order chi connectivity index (χ0) is 19.8. The van der Waals surface area contributed by atoms with E-state index in [4.69, 9.17) is 0 Å². The van der Waals surface area contributed by atoms with Crippen LogP contribution in [0.5, 0.6) is 0 Å². The normalized spacial score (nSPS) is 26.9. The van der Waals surface area contributed by atoms with Crippen LogP contribution in [-0.2, 0) is 16.6 Å². The first-order valence-electron chi connectivity index (χ1n) is 10.7. The summed E-state index contributed by atoms with van der Waals surface area (Å²) in [6.07, 6.45) is 2.36. The molecule has 3 aliphatic rings. The lowest BCUT2D eigenvalue weighted by molar-refractivity contribution is -0.0177. The van der Waals surface area contributed by atoms with Crippen molar-refractivity contribution >= 4 is 10.0 Å². The van der Waals surface area contributed by atoms with Crippen molar-refractivity contribution in [3.63, 3.8) is 0 Å². The molecular formula is C23H29N3O2S. The van der Waals surface area contributed by atoms with Crippen molar-refractivity contribution in [2.45, 2.75) is 36.4 Å². The molecule has 0 bridgehead atoms. The second-order valence-corrected chi connectivity index (χ2v) is 10.6. The maximum absolute atomic E-state index is 13.0. The van der Waals surface area contributed by atoms with Crippen LogP contribution in [0.15, 0.2) is 65.6 Å². The van der Waals surface area contributed by atoms with Gasteiger partial charge in [-0.25, -0.2) is 8.42 Å². The number of sulfonamides is 1. The van der Waals surface area contributed by atoms with E-state index in [2.05, 4.69) is 40.1 Å². The van der Waals surface area contributed by atoms with Crippen LogP contribution in [0.3, 0.4) is 0 Å². The first-order valence-corrected chi connectivity index (χ1v) is 12.1. The molecule has 2 atom stereocenters. The number of likely N-dealkylation sites (tertiary alicyclic amines) is 2. The molecule has 5 rings (SSSR count). The number of piperidine rings is 1. The van der Waals surface area contributed by atoms with E-state index in [-0.39, 0.29) is 0 Å². The highest BCUT2D eigenvalue weighted by Gasteiger charge is 2.51. The van der Waals surface area contributed by atoms with Gasteiger partial charge in [0.25, 0.3) is 0 Å². The van der Waals surface area contributed by atoms with Gasteiger partial charge < -0.3 is 0 Å². The predicted molar refractivity (Wildman–Crippen MR) is 114 cm³/mol. The molecule has 0 radical (unpaired) electrons. The summed E-state index contributed by atoms with van der Waals surface area (Å²) in [6.45, 7) is 5.65. The third-order valence-electron chi connectivity index (χ3n) is 6.90. The molecule has 2 aromatic rings. The van der Waals surface area contributed by atoms with Gasteiger partial charge in [-0.1, -0.05) is 48.5 Å². The number of fused-ring (bicyclic) bond motifs is 1. The van der Waals surface area contributed by atoms with Gasteiger partial charge >= 0.3 is 0 Å². The second kappa shape index (κ2) is 7.84. The first-order chi connectivity index (χ1) is 14.1. The minimum absolute atomic E-state index is 0.402. The fourth-order valence-corrected chi connectivity index (χ4v) is 6.78. The average molecular weight is 412 g/mol. The summed E-state index contributed by atoms with van der Waals surface area (Å²) in [6, 6.07) is 20.6. The maximum Gasteiger partial charge on any atom is 0.243 e. The number of rotatable bonds is 5. The molecular weight excluding hydrogens is 382 g/mol. The lowest BCUT2D eigenvalue weighted by Crippen LogP contribution is -2.61. The number of nitrogens with zero attached hydrogens (tertiary/aromatic N) is 3. The lowest BCUT2D eigenvalue weighted by Gasteiger charge is -2.50. The van der Waals surface area contributed by atoms with E-state index in [0.717, 1.165) is 26.2 Å². The highest BCUT2D eigenvalue weighted by Crippen LogP contribution is 2.38. The van der Waals surface area contributed by atoms with Gasteiger partial charge in [0.05, 0.1) is 4.90 Å². The molecule has 5 nitrogen and oxygen atoms in total. The van der Waals surface area contributed by atoms with E-state index in [9.17, 15) is 8.42 Å². The third kappa shape index (κ3) is 3.75. The summed E-state index contributed by atoms with van der Waals surface area (Å²) >= 11 is 0.